The second kappa shape index (κ2) is 10.8. The van der Waals surface area contributed by atoms with Crippen molar-refractivity contribution >= 4 is 17.8 Å². The maximum atomic E-state index is 11.9. The van der Waals surface area contributed by atoms with Gasteiger partial charge in [0.1, 0.15) is 11.9 Å². The summed E-state index contributed by atoms with van der Waals surface area (Å²) < 4.78 is 5.92. The number of hydrogen-bond acceptors (Lipinski definition) is 5. The van der Waals surface area contributed by atoms with E-state index in [0.29, 0.717) is 30.7 Å². The monoisotopic (exact) mass is 443 g/mol. The van der Waals surface area contributed by atoms with Gasteiger partial charge in [-0.1, -0.05) is 18.2 Å². The van der Waals surface area contributed by atoms with Crippen LogP contribution in [0.5, 0.6) is 5.75 Å². The second-order valence-electron chi connectivity index (χ2n) is 8.24. The highest BCUT2D eigenvalue weighted by Gasteiger charge is 2.19. The second-order valence-corrected chi connectivity index (χ2v) is 8.24. The normalized spacial score (nSPS) is 12.1. The lowest BCUT2D eigenvalue weighted by Gasteiger charge is -2.17. The van der Waals surface area contributed by atoms with Crippen LogP contribution < -0.4 is 10.1 Å². The lowest BCUT2D eigenvalue weighted by Crippen LogP contribution is -2.28. The molecule has 0 aliphatic rings. The summed E-state index contributed by atoms with van der Waals surface area (Å²) in [5.74, 6) is -2.17. The number of ether oxygens (including phenoxy) is 1. The first-order valence-corrected chi connectivity index (χ1v) is 10.3. The lowest BCUT2D eigenvalue weighted by molar-refractivity contribution is -0.122. The molecular weight excluding hydrogens is 414 g/mol. The van der Waals surface area contributed by atoms with Crippen molar-refractivity contribution in [1.29, 1.82) is 0 Å². The van der Waals surface area contributed by atoms with E-state index in [1.165, 1.54) is 18.2 Å². The van der Waals surface area contributed by atoms with Crippen LogP contribution in [0.4, 0.5) is 0 Å². The molecule has 0 bridgehead atoms. The molecule has 1 unspecified atom stereocenters. The Morgan fingerprint density at radius 3 is 2.34 bits per heavy atom. The van der Waals surface area contributed by atoms with Crippen molar-refractivity contribution in [2.75, 3.05) is 6.54 Å². The first-order chi connectivity index (χ1) is 15.0. The molecule has 8 heteroatoms. The van der Waals surface area contributed by atoms with Gasteiger partial charge in [-0.15, -0.1) is 0 Å². The molecule has 0 fully saturated rings. The predicted octanol–water partition coefficient (Wildman–Crippen LogP) is 3.43. The van der Waals surface area contributed by atoms with Gasteiger partial charge >= 0.3 is 11.9 Å². The molecule has 0 saturated heterocycles. The number of aromatic carboxylic acids is 2. The van der Waals surface area contributed by atoms with Gasteiger partial charge in [0.25, 0.3) is 0 Å². The summed E-state index contributed by atoms with van der Waals surface area (Å²) in [5, 5.41) is 31.0. The third-order valence-electron chi connectivity index (χ3n) is 4.88. The van der Waals surface area contributed by atoms with Crippen molar-refractivity contribution < 1.29 is 34.4 Å². The van der Waals surface area contributed by atoms with Gasteiger partial charge in [-0.05, 0) is 69.0 Å². The summed E-state index contributed by atoms with van der Waals surface area (Å²) in [4.78, 5) is 34.5. The van der Waals surface area contributed by atoms with Crippen LogP contribution in [0, 0.1) is 0 Å². The van der Waals surface area contributed by atoms with Crippen molar-refractivity contribution in [3.8, 4) is 5.75 Å². The van der Waals surface area contributed by atoms with Gasteiger partial charge in [0, 0.05) is 13.0 Å². The molecule has 4 N–H and O–H groups in total. The number of carbonyl (C=O) groups excluding carboxylic acids is 1. The summed E-state index contributed by atoms with van der Waals surface area (Å²) in [7, 11) is 0. The predicted molar refractivity (Wildman–Crippen MR) is 118 cm³/mol. The van der Waals surface area contributed by atoms with Crippen LogP contribution in [0.15, 0.2) is 42.5 Å². The van der Waals surface area contributed by atoms with Crippen LogP contribution in [0.25, 0.3) is 0 Å². The fourth-order valence-corrected chi connectivity index (χ4v) is 3.08. The quantitative estimate of drug-likeness (QED) is 0.418. The molecule has 0 saturated carbocycles. The number of carboxylic acid groups (broad SMARTS) is 2. The Balaban J connectivity index is 1.97. The Morgan fingerprint density at radius 2 is 1.72 bits per heavy atom. The molecule has 8 nitrogen and oxygen atoms in total. The molecule has 0 spiro atoms. The summed E-state index contributed by atoms with van der Waals surface area (Å²) in [6, 6.07) is 11.4. The first kappa shape index (κ1) is 24.9. The van der Waals surface area contributed by atoms with Gasteiger partial charge in [0.2, 0.25) is 5.91 Å². The van der Waals surface area contributed by atoms with Gasteiger partial charge in [-0.2, -0.15) is 0 Å². The van der Waals surface area contributed by atoms with E-state index in [-0.39, 0.29) is 23.5 Å². The number of rotatable bonds is 11. The van der Waals surface area contributed by atoms with Crippen LogP contribution in [-0.4, -0.2) is 45.3 Å². The number of carbonyl (C=O) groups is 3. The fourth-order valence-electron chi connectivity index (χ4n) is 3.08. The maximum absolute atomic E-state index is 11.9. The molecule has 1 amide bonds. The fraction of sp³-hybridized carbons (Fsp3) is 0.375. The summed E-state index contributed by atoms with van der Waals surface area (Å²) in [6.45, 7) is 5.52. The molecule has 0 aliphatic carbocycles. The smallest absolute Gasteiger partial charge is 0.336 e. The number of nitrogens with one attached hydrogen (secondary N) is 1. The van der Waals surface area contributed by atoms with Crippen LogP contribution in [0.1, 0.15) is 71.6 Å². The standard InChI is InChI=1S/C24H29NO7/c1-15(17-7-8-19(22(27)28)20(14-17)23(29)30)32-18-6-4-5-16(13-18)10-12-25-21(26)9-11-24(2,3)31/h4-8,13-15,31H,9-12H2,1-3H3,(H,25,26)(H,27,28)(H,29,30). The van der Waals surface area contributed by atoms with Gasteiger partial charge in [0.05, 0.1) is 16.7 Å². The number of benzene rings is 2. The number of aliphatic hydroxyl groups is 1. The molecule has 2 rings (SSSR count). The van der Waals surface area contributed by atoms with Crippen molar-refractivity contribution in [1.82, 2.24) is 5.32 Å². The highest BCUT2D eigenvalue weighted by molar-refractivity contribution is 6.01. The minimum atomic E-state index is -1.32. The first-order valence-electron chi connectivity index (χ1n) is 10.3. The van der Waals surface area contributed by atoms with Crippen LogP contribution >= 0.6 is 0 Å². The Morgan fingerprint density at radius 1 is 1.03 bits per heavy atom. The molecule has 0 radical (unpaired) electrons. The van der Waals surface area contributed by atoms with E-state index in [1.54, 1.807) is 26.8 Å². The lowest BCUT2D eigenvalue weighted by atomic mass is 10.0. The Kier molecular flexibility index (Phi) is 8.37. The molecule has 0 aliphatic heterocycles. The number of amides is 1. The summed E-state index contributed by atoms with van der Waals surface area (Å²) in [6.07, 6.45) is 0.726. The van der Waals surface area contributed by atoms with Crippen LogP contribution in [-0.2, 0) is 11.2 Å². The van der Waals surface area contributed by atoms with Gasteiger partial charge < -0.3 is 25.4 Å². The highest BCUT2D eigenvalue weighted by atomic mass is 16.5. The van der Waals surface area contributed by atoms with Crippen molar-refractivity contribution in [3.63, 3.8) is 0 Å². The third-order valence-corrected chi connectivity index (χ3v) is 4.88. The van der Waals surface area contributed by atoms with E-state index in [2.05, 4.69) is 5.32 Å². The Labute approximate surface area is 186 Å². The van der Waals surface area contributed by atoms with E-state index in [1.807, 2.05) is 18.2 Å². The van der Waals surface area contributed by atoms with Crippen molar-refractivity contribution in [3.05, 3.63) is 64.7 Å². The molecule has 2 aromatic carbocycles. The summed E-state index contributed by atoms with van der Waals surface area (Å²) >= 11 is 0. The van der Waals surface area contributed by atoms with E-state index < -0.39 is 23.6 Å². The number of hydrogen-bond donors (Lipinski definition) is 4. The largest absolute Gasteiger partial charge is 0.486 e. The molecule has 0 heterocycles. The van der Waals surface area contributed by atoms with E-state index in [4.69, 9.17) is 9.84 Å². The van der Waals surface area contributed by atoms with Gasteiger partial charge in [-0.25, -0.2) is 9.59 Å². The molecule has 2 aromatic rings. The molecular formula is C24H29NO7. The maximum Gasteiger partial charge on any atom is 0.336 e. The molecule has 1 atom stereocenters. The van der Waals surface area contributed by atoms with Crippen molar-refractivity contribution in [2.24, 2.45) is 0 Å². The van der Waals surface area contributed by atoms with Crippen molar-refractivity contribution in [2.45, 2.75) is 51.7 Å². The van der Waals surface area contributed by atoms with E-state index in [9.17, 15) is 24.6 Å². The van der Waals surface area contributed by atoms with Crippen LogP contribution in [0.3, 0.4) is 0 Å². The van der Waals surface area contributed by atoms with Gasteiger partial charge in [0.15, 0.2) is 0 Å². The third kappa shape index (κ3) is 7.70. The minimum Gasteiger partial charge on any atom is -0.486 e. The van der Waals surface area contributed by atoms with Gasteiger partial charge in [-0.3, -0.25) is 4.79 Å². The van der Waals surface area contributed by atoms with E-state index >= 15 is 0 Å². The average Bonchev–Trinajstić information content (AvgIpc) is 2.71. The zero-order valence-electron chi connectivity index (χ0n) is 18.4. The topological polar surface area (TPSA) is 133 Å². The molecule has 172 valence electrons. The SMILES string of the molecule is CC(Oc1cccc(CCNC(=O)CCC(C)(C)O)c1)c1ccc(C(=O)O)c(C(=O)O)c1. The zero-order chi connectivity index (χ0) is 23.9. The minimum absolute atomic E-state index is 0.118. The average molecular weight is 443 g/mol. The highest BCUT2D eigenvalue weighted by Crippen LogP contribution is 2.25. The number of carboxylic acids is 2. The van der Waals surface area contributed by atoms with E-state index in [0.717, 1.165) is 5.56 Å². The molecule has 32 heavy (non-hydrogen) atoms. The Hall–Kier alpha value is -3.39. The van der Waals surface area contributed by atoms with Crippen LogP contribution in [0.2, 0.25) is 0 Å². The summed E-state index contributed by atoms with van der Waals surface area (Å²) in [5.41, 5.74) is 0.0418. The zero-order valence-corrected chi connectivity index (χ0v) is 18.4. The molecule has 0 aromatic heterocycles. The Bertz CT molecular complexity index is 979.